The highest BCUT2D eigenvalue weighted by atomic mass is 16.5. The predicted octanol–water partition coefficient (Wildman–Crippen LogP) is 3.16. The Morgan fingerprint density at radius 3 is 2.83 bits per heavy atom. The maximum Gasteiger partial charge on any atom is 0.235 e. The first-order valence-electron chi connectivity index (χ1n) is 5.94. The Morgan fingerprint density at radius 1 is 1.39 bits per heavy atom. The molecule has 3 rings (SSSR count). The lowest BCUT2D eigenvalue weighted by molar-refractivity contribution is 0.258. The fraction of sp³-hybridized carbons (Fsp3) is 0.357. The summed E-state index contributed by atoms with van der Waals surface area (Å²) in [6, 6.07) is 5.73. The van der Waals surface area contributed by atoms with E-state index >= 15 is 0 Å². The number of hydrogen-bond donors (Lipinski definition) is 0. The van der Waals surface area contributed by atoms with Gasteiger partial charge in [0.2, 0.25) is 6.08 Å². The molecule has 1 saturated carbocycles. The summed E-state index contributed by atoms with van der Waals surface area (Å²) in [4.78, 5) is 14.7. The average Bonchev–Trinajstić information content (AvgIpc) is 2.82. The van der Waals surface area contributed by atoms with Crippen LogP contribution in [0, 0.1) is 0 Å². The highest BCUT2D eigenvalue weighted by Gasteiger charge is 2.40. The molecule has 1 aromatic heterocycles. The second-order valence-corrected chi connectivity index (χ2v) is 4.57. The van der Waals surface area contributed by atoms with E-state index in [1.807, 2.05) is 18.2 Å². The number of fused-ring (bicyclic) bond motifs is 1. The molecule has 4 nitrogen and oxygen atoms in total. The van der Waals surface area contributed by atoms with Crippen molar-refractivity contribution in [2.24, 2.45) is 4.99 Å². The molecule has 0 saturated heterocycles. The highest BCUT2D eigenvalue weighted by molar-refractivity contribution is 5.87. The van der Waals surface area contributed by atoms with Crippen LogP contribution in [-0.2, 0) is 10.3 Å². The van der Waals surface area contributed by atoms with Crippen molar-refractivity contribution in [1.29, 1.82) is 0 Å². The van der Waals surface area contributed by atoms with Crippen LogP contribution in [0.5, 0.6) is 5.75 Å². The van der Waals surface area contributed by atoms with E-state index in [0.29, 0.717) is 11.3 Å². The number of carbonyl (C=O) groups excluding carboxylic acids is 1. The van der Waals surface area contributed by atoms with Gasteiger partial charge in [0.1, 0.15) is 0 Å². The van der Waals surface area contributed by atoms with Gasteiger partial charge in [-0.05, 0) is 37.0 Å². The van der Waals surface area contributed by atoms with Gasteiger partial charge in [0.25, 0.3) is 0 Å². The molecule has 1 fully saturated rings. The molecular weight excluding hydrogens is 230 g/mol. The second kappa shape index (κ2) is 4.00. The molecular formula is C14H13NO3. The van der Waals surface area contributed by atoms with Gasteiger partial charge in [0.15, 0.2) is 11.3 Å². The Hall–Kier alpha value is -2.06. The lowest BCUT2D eigenvalue weighted by Crippen LogP contribution is -2.32. The van der Waals surface area contributed by atoms with Gasteiger partial charge < -0.3 is 9.15 Å². The van der Waals surface area contributed by atoms with Crippen LogP contribution < -0.4 is 4.74 Å². The first-order chi connectivity index (χ1) is 8.80. The predicted molar refractivity (Wildman–Crippen MR) is 66.4 cm³/mol. The van der Waals surface area contributed by atoms with Gasteiger partial charge >= 0.3 is 0 Å². The standard InChI is InChI=1S/C14H13NO3/c1-17-12-4-3-11(10-5-8-18-13(10)12)14(15-9-16)6-2-7-14/h3-5,8H,2,6-7H2,1H3. The van der Waals surface area contributed by atoms with Crippen molar-refractivity contribution in [3.8, 4) is 5.75 Å². The van der Waals surface area contributed by atoms with E-state index in [9.17, 15) is 4.79 Å². The van der Waals surface area contributed by atoms with Crippen LogP contribution in [0.4, 0.5) is 0 Å². The number of aliphatic imine (C=N–C) groups is 1. The van der Waals surface area contributed by atoms with Crippen LogP contribution in [0.3, 0.4) is 0 Å². The summed E-state index contributed by atoms with van der Waals surface area (Å²) in [6.07, 6.45) is 6.19. The van der Waals surface area contributed by atoms with Gasteiger partial charge in [-0.15, -0.1) is 0 Å². The maximum atomic E-state index is 10.6. The fourth-order valence-electron chi connectivity index (χ4n) is 2.64. The Kier molecular flexibility index (Phi) is 2.46. The van der Waals surface area contributed by atoms with Gasteiger partial charge in [-0.1, -0.05) is 6.07 Å². The topological polar surface area (TPSA) is 51.8 Å². The van der Waals surface area contributed by atoms with Crippen molar-refractivity contribution in [3.63, 3.8) is 0 Å². The minimum Gasteiger partial charge on any atom is -0.493 e. The van der Waals surface area contributed by atoms with Crippen LogP contribution in [-0.4, -0.2) is 13.2 Å². The van der Waals surface area contributed by atoms with E-state index in [2.05, 4.69) is 4.99 Å². The van der Waals surface area contributed by atoms with Crippen molar-refractivity contribution in [2.45, 2.75) is 24.8 Å². The normalized spacial score (nSPS) is 16.9. The Balaban J connectivity index is 2.24. The molecule has 1 aliphatic carbocycles. The van der Waals surface area contributed by atoms with Gasteiger partial charge in [0.05, 0.1) is 18.9 Å². The second-order valence-electron chi connectivity index (χ2n) is 4.57. The van der Waals surface area contributed by atoms with E-state index < -0.39 is 5.54 Å². The van der Waals surface area contributed by atoms with Gasteiger partial charge in [-0.2, -0.15) is 4.99 Å². The molecule has 0 radical (unpaired) electrons. The largest absolute Gasteiger partial charge is 0.493 e. The van der Waals surface area contributed by atoms with Crippen molar-refractivity contribution in [1.82, 2.24) is 0 Å². The Labute approximate surface area is 104 Å². The third kappa shape index (κ3) is 1.39. The Morgan fingerprint density at radius 2 is 2.22 bits per heavy atom. The quantitative estimate of drug-likeness (QED) is 0.614. The molecule has 0 atom stereocenters. The summed E-state index contributed by atoms with van der Waals surface area (Å²) >= 11 is 0. The summed E-state index contributed by atoms with van der Waals surface area (Å²) in [5.41, 5.74) is 1.33. The molecule has 0 aliphatic heterocycles. The molecule has 4 heteroatoms. The van der Waals surface area contributed by atoms with E-state index in [4.69, 9.17) is 9.15 Å². The minimum atomic E-state index is -0.407. The van der Waals surface area contributed by atoms with Crippen LogP contribution in [0.25, 0.3) is 11.0 Å². The molecule has 2 aromatic rings. The van der Waals surface area contributed by atoms with Crippen LogP contribution >= 0.6 is 0 Å². The third-order valence-corrected chi connectivity index (χ3v) is 3.74. The zero-order valence-corrected chi connectivity index (χ0v) is 10.1. The molecule has 1 heterocycles. The number of benzene rings is 1. The maximum absolute atomic E-state index is 10.6. The third-order valence-electron chi connectivity index (χ3n) is 3.74. The average molecular weight is 243 g/mol. The van der Waals surface area contributed by atoms with E-state index in [1.54, 1.807) is 19.5 Å². The first-order valence-corrected chi connectivity index (χ1v) is 5.94. The fourth-order valence-corrected chi connectivity index (χ4v) is 2.64. The number of nitrogens with zero attached hydrogens (tertiary/aromatic N) is 1. The number of ether oxygens (including phenoxy) is 1. The lowest BCUT2D eigenvalue weighted by Gasteiger charge is -2.37. The molecule has 1 aromatic carbocycles. The lowest BCUT2D eigenvalue weighted by atomic mass is 9.71. The Bertz CT molecular complexity index is 634. The molecule has 92 valence electrons. The summed E-state index contributed by atoms with van der Waals surface area (Å²) in [6.45, 7) is 0. The van der Waals surface area contributed by atoms with E-state index in [1.165, 1.54) is 0 Å². The van der Waals surface area contributed by atoms with Crippen molar-refractivity contribution < 1.29 is 13.9 Å². The molecule has 18 heavy (non-hydrogen) atoms. The zero-order valence-electron chi connectivity index (χ0n) is 10.1. The molecule has 0 unspecified atom stereocenters. The summed E-state index contributed by atoms with van der Waals surface area (Å²) < 4.78 is 10.7. The van der Waals surface area contributed by atoms with Crippen molar-refractivity contribution in [2.75, 3.05) is 7.11 Å². The summed E-state index contributed by atoms with van der Waals surface area (Å²) in [5.74, 6) is 0.698. The molecule has 1 aliphatic rings. The smallest absolute Gasteiger partial charge is 0.235 e. The summed E-state index contributed by atoms with van der Waals surface area (Å²) in [7, 11) is 1.61. The number of methoxy groups -OCH3 is 1. The van der Waals surface area contributed by atoms with Crippen molar-refractivity contribution in [3.05, 3.63) is 30.0 Å². The molecule has 0 amide bonds. The van der Waals surface area contributed by atoms with Crippen LogP contribution in [0.15, 0.2) is 33.9 Å². The number of furan rings is 1. The van der Waals surface area contributed by atoms with Gasteiger partial charge in [0, 0.05) is 5.39 Å². The van der Waals surface area contributed by atoms with Crippen molar-refractivity contribution >= 4 is 17.0 Å². The zero-order chi connectivity index (χ0) is 12.6. The van der Waals surface area contributed by atoms with Crippen LogP contribution in [0.1, 0.15) is 24.8 Å². The monoisotopic (exact) mass is 243 g/mol. The van der Waals surface area contributed by atoms with Gasteiger partial charge in [-0.3, -0.25) is 0 Å². The summed E-state index contributed by atoms with van der Waals surface area (Å²) in [5, 5.41) is 0.966. The van der Waals surface area contributed by atoms with Crippen LogP contribution in [0.2, 0.25) is 0 Å². The molecule has 0 bridgehead atoms. The SMILES string of the molecule is COc1ccc(C2(N=C=O)CCC2)c2ccoc12. The van der Waals surface area contributed by atoms with E-state index in [0.717, 1.165) is 30.2 Å². The highest BCUT2D eigenvalue weighted by Crippen LogP contribution is 2.48. The molecule has 0 spiro atoms. The first kappa shape index (κ1) is 11.1. The van der Waals surface area contributed by atoms with E-state index in [-0.39, 0.29) is 0 Å². The number of isocyanates is 1. The number of hydrogen-bond acceptors (Lipinski definition) is 4. The van der Waals surface area contributed by atoms with Gasteiger partial charge in [-0.25, -0.2) is 4.79 Å². The molecule has 0 N–H and O–H groups in total. The number of rotatable bonds is 3. The minimum absolute atomic E-state index is 0.407.